The number of phenols is 1. The average Bonchev–Trinajstić information content (AvgIpc) is 2.93. The Morgan fingerprint density at radius 1 is 1.42 bits per heavy atom. The van der Waals surface area contributed by atoms with Crippen molar-refractivity contribution in [2.45, 2.75) is 6.10 Å². The highest BCUT2D eigenvalue weighted by molar-refractivity contribution is 14.1. The number of thioether (sulfide) groups is 1. The van der Waals surface area contributed by atoms with Crippen molar-refractivity contribution in [3.05, 3.63) is 27.6 Å². The summed E-state index contributed by atoms with van der Waals surface area (Å²) < 4.78 is 11.6. The summed E-state index contributed by atoms with van der Waals surface area (Å²) in [7, 11) is 0. The van der Waals surface area contributed by atoms with Crippen molar-refractivity contribution in [2.75, 3.05) is 18.1 Å². The third-order valence-corrected chi connectivity index (χ3v) is 4.64. The fourth-order valence-corrected chi connectivity index (χ4v) is 2.94. The Labute approximate surface area is 127 Å². The molecule has 0 radical (unpaired) electrons. The Balaban J connectivity index is 1.85. The molecule has 1 atom stereocenters. The first kappa shape index (κ1) is 13.2. The van der Waals surface area contributed by atoms with E-state index in [-0.39, 0.29) is 11.9 Å². The predicted molar refractivity (Wildman–Crippen MR) is 80.1 cm³/mol. The second-order valence-electron chi connectivity index (χ2n) is 4.06. The van der Waals surface area contributed by atoms with Gasteiger partial charge in [0.1, 0.15) is 11.9 Å². The molecule has 1 fully saturated rings. The number of aromatic nitrogens is 2. The van der Waals surface area contributed by atoms with Crippen LogP contribution >= 0.6 is 34.4 Å². The lowest BCUT2D eigenvalue weighted by molar-refractivity contribution is 0.0677. The van der Waals surface area contributed by atoms with Crippen LogP contribution in [0.1, 0.15) is 11.9 Å². The van der Waals surface area contributed by atoms with Gasteiger partial charge in [-0.2, -0.15) is 16.7 Å². The number of phenolic OH excluding ortho intramolecular Hbond substituents is 1. The maximum absolute atomic E-state index is 9.69. The van der Waals surface area contributed by atoms with Crippen molar-refractivity contribution >= 4 is 34.4 Å². The Kier molecular flexibility index (Phi) is 3.94. The minimum absolute atomic E-state index is 0.103. The maximum atomic E-state index is 9.69. The van der Waals surface area contributed by atoms with Gasteiger partial charge in [0.05, 0.1) is 10.2 Å². The van der Waals surface area contributed by atoms with Crippen LogP contribution in [0.15, 0.2) is 22.7 Å². The molecular formula is C12H11IN2O3S. The molecule has 5 nitrogen and oxygen atoms in total. The van der Waals surface area contributed by atoms with Crippen LogP contribution in [0.2, 0.25) is 0 Å². The lowest BCUT2D eigenvalue weighted by atomic mass is 10.2. The largest absolute Gasteiger partial charge is 0.507 e. The first-order chi connectivity index (χ1) is 9.24. The minimum Gasteiger partial charge on any atom is -0.507 e. The Morgan fingerprint density at radius 3 is 3.05 bits per heavy atom. The van der Waals surface area contributed by atoms with E-state index in [0.29, 0.717) is 23.9 Å². The standard InChI is InChI=1S/C12H11IN2O3S/c13-8-2-1-7(5-9(8)16)12-14-11(15-18-12)10-6-19-4-3-17-10/h1-2,5,10,16H,3-4,6H2. The summed E-state index contributed by atoms with van der Waals surface area (Å²) >= 11 is 3.88. The number of aromatic hydroxyl groups is 1. The Morgan fingerprint density at radius 2 is 2.32 bits per heavy atom. The zero-order valence-corrected chi connectivity index (χ0v) is 12.8. The van der Waals surface area contributed by atoms with Gasteiger partial charge in [-0.3, -0.25) is 0 Å². The number of nitrogens with zero attached hydrogens (tertiary/aromatic N) is 2. The zero-order valence-electron chi connectivity index (χ0n) is 9.88. The SMILES string of the molecule is Oc1cc(-c2nc(C3CSCCO3)no2)ccc1I. The van der Waals surface area contributed by atoms with Crippen molar-refractivity contribution < 1.29 is 14.4 Å². The Hall–Kier alpha value is -0.800. The predicted octanol–water partition coefficient (Wildman–Crippen LogP) is 2.85. The van der Waals surface area contributed by atoms with E-state index >= 15 is 0 Å². The number of rotatable bonds is 2. The highest BCUT2D eigenvalue weighted by Gasteiger charge is 2.22. The molecule has 0 amide bonds. The van der Waals surface area contributed by atoms with Gasteiger partial charge in [0.25, 0.3) is 5.89 Å². The third kappa shape index (κ3) is 2.87. The van der Waals surface area contributed by atoms with Crippen molar-refractivity contribution in [1.29, 1.82) is 0 Å². The number of ether oxygens (including phenoxy) is 1. The van der Waals surface area contributed by atoms with Crippen molar-refractivity contribution in [3.8, 4) is 17.2 Å². The molecule has 1 N–H and O–H groups in total. The summed E-state index contributed by atoms with van der Waals surface area (Å²) in [6.07, 6.45) is -0.103. The van der Waals surface area contributed by atoms with Crippen LogP contribution in [0.5, 0.6) is 5.75 Å². The molecular weight excluding hydrogens is 379 g/mol. The molecule has 0 spiro atoms. The van der Waals surface area contributed by atoms with Crippen molar-refractivity contribution in [2.24, 2.45) is 0 Å². The molecule has 1 aliphatic heterocycles. The molecule has 7 heteroatoms. The molecule has 1 aliphatic rings. The summed E-state index contributed by atoms with van der Waals surface area (Å²) in [5.74, 6) is 3.03. The van der Waals surface area contributed by atoms with Crippen LogP contribution in [0.3, 0.4) is 0 Å². The minimum atomic E-state index is -0.103. The second kappa shape index (κ2) is 5.68. The summed E-state index contributed by atoms with van der Waals surface area (Å²) in [5.41, 5.74) is 0.708. The van der Waals surface area contributed by atoms with E-state index < -0.39 is 0 Å². The van der Waals surface area contributed by atoms with E-state index in [4.69, 9.17) is 9.26 Å². The van der Waals surface area contributed by atoms with Gasteiger partial charge in [-0.15, -0.1) is 0 Å². The van der Waals surface area contributed by atoms with E-state index in [1.165, 1.54) is 0 Å². The van der Waals surface area contributed by atoms with Crippen molar-refractivity contribution in [1.82, 2.24) is 10.1 Å². The first-order valence-electron chi connectivity index (χ1n) is 5.76. The molecule has 19 heavy (non-hydrogen) atoms. The van der Waals surface area contributed by atoms with E-state index in [1.54, 1.807) is 6.07 Å². The molecule has 1 unspecified atom stereocenters. The summed E-state index contributed by atoms with van der Waals surface area (Å²) in [6, 6.07) is 5.27. The molecule has 1 aromatic heterocycles. The third-order valence-electron chi connectivity index (χ3n) is 2.74. The van der Waals surface area contributed by atoms with E-state index in [1.807, 2.05) is 23.9 Å². The average molecular weight is 390 g/mol. The van der Waals surface area contributed by atoms with Gasteiger partial charge >= 0.3 is 0 Å². The van der Waals surface area contributed by atoms with Crippen LogP contribution in [-0.2, 0) is 4.74 Å². The quantitative estimate of drug-likeness (QED) is 0.796. The summed E-state index contributed by atoms with van der Waals surface area (Å²) in [5, 5.41) is 13.7. The lowest BCUT2D eigenvalue weighted by Crippen LogP contribution is -2.16. The molecule has 3 rings (SSSR count). The maximum Gasteiger partial charge on any atom is 0.258 e. The molecule has 0 saturated carbocycles. The first-order valence-corrected chi connectivity index (χ1v) is 7.99. The Bertz CT molecular complexity index is 584. The highest BCUT2D eigenvalue weighted by atomic mass is 127. The molecule has 100 valence electrons. The fourth-order valence-electron chi connectivity index (χ4n) is 1.77. The van der Waals surface area contributed by atoms with Crippen LogP contribution < -0.4 is 0 Å². The van der Waals surface area contributed by atoms with Gasteiger partial charge in [-0.1, -0.05) is 5.16 Å². The van der Waals surface area contributed by atoms with Gasteiger partial charge in [-0.25, -0.2) is 0 Å². The molecule has 2 aromatic rings. The molecule has 0 aliphatic carbocycles. The van der Waals surface area contributed by atoms with Crippen molar-refractivity contribution in [3.63, 3.8) is 0 Å². The number of halogens is 1. The smallest absolute Gasteiger partial charge is 0.258 e. The molecule has 0 bridgehead atoms. The van der Waals surface area contributed by atoms with Crippen LogP contribution in [0.25, 0.3) is 11.5 Å². The van der Waals surface area contributed by atoms with Gasteiger partial charge in [0, 0.05) is 17.1 Å². The number of hydrogen-bond acceptors (Lipinski definition) is 6. The second-order valence-corrected chi connectivity index (χ2v) is 6.37. The van der Waals surface area contributed by atoms with Crippen LogP contribution in [0, 0.1) is 3.57 Å². The lowest BCUT2D eigenvalue weighted by Gasteiger charge is -2.18. The van der Waals surface area contributed by atoms with Gasteiger partial charge in [-0.05, 0) is 40.8 Å². The van der Waals surface area contributed by atoms with E-state index in [2.05, 4.69) is 32.7 Å². The topological polar surface area (TPSA) is 68.4 Å². The summed E-state index contributed by atoms with van der Waals surface area (Å²) in [6.45, 7) is 0.712. The molecule has 1 saturated heterocycles. The van der Waals surface area contributed by atoms with E-state index in [9.17, 15) is 5.11 Å². The highest BCUT2D eigenvalue weighted by Crippen LogP contribution is 2.29. The number of benzene rings is 1. The van der Waals surface area contributed by atoms with Gasteiger partial charge < -0.3 is 14.4 Å². The monoisotopic (exact) mass is 390 g/mol. The molecule has 1 aromatic carbocycles. The van der Waals surface area contributed by atoms with Crippen LogP contribution in [0.4, 0.5) is 0 Å². The summed E-state index contributed by atoms with van der Waals surface area (Å²) in [4.78, 5) is 4.35. The van der Waals surface area contributed by atoms with Crippen LogP contribution in [-0.4, -0.2) is 33.4 Å². The molecule has 2 heterocycles. The van der Waals surface area contributed by atoms with Gasteiger partial charge in [0.15, 0.2) is 0 Å². The zero-order chi connectivity index (χ0) is 13.2. The number of hydrogen-bond donors (Lipinski definition) is 1. The fraction of sp³-hybridized carbons (Fsp3) is 0.333. The van der Waals surface area contributed by atoms with E-state index in [0.717, 1.165) is 15.1 Å². The normalized spacial score (nSPS) is 19.5. The van der Waals surface area contributed by atoms with Gasteiger partial charge in [0.2, 0.25) is 5.82 Å².